The average molecular weight is 361 g/mol. The first-order valence-corrected chi connectivity index (χ1v) is 8.75. The maximum absolute atomic E-state index is 12.7. The van der Waals surface area contributed by atoms with Crippen molar-refractivity contribution in [1.82, 2.24) is 14.8 Å². The van der Waals surface area contributed by atoms with Crippen LogP contribution in [0.15, 0.2) is 24.5 Å². The van der Waals surface area contributed by atoms with Crippen LogP contribution in [0.4, 0.5) is 4.79 Å². The molecule has 3 heterocycles. The second kappa shape index (κ2) is 6.72. The van der Waals surface area contributed by atoms with Crippen molar-refractivity contribution in [2.75, 3.05) is 13.1 Å². The highest BCUT2D eigenvalue weighted by Crippen LogP contribution is 2.31. The Balaban J connectivity index is 1.82. The van der Waals surface area contributed by atoms with E-state index in [1.165, 1.54) is 18.3 Å². The van der Waals surface area contributed by atoms with Crippen LogP contribution in [0.2, 0.25) is 0 Å². The maximum Gasteiger partial charge on any atom is 0.342 e. The van der Waals surface area contributed by atoms with Gasteiger partial charge in [0.1, 0.15) is 5.00 Å². The van der Waals surface area contributed by atoms with Crippen LogP contribution in [0.3, 0.4) is 0 Å². The fourth-order valence-corrected chi connectivity index (χ4v) is 3.78. The summed E-state index contributed by atoms with van der Waals surface area (Å²) in [5.74, 6) is -1.08. The minimum absolute atomic E-state index is 0.283. The number of esters is 1. The lowest BCUT2D eigenvalue weighted by Crippen LogP contribution is -2.41. The topological polar surface area (TPSA) is 80.6 Å². The normalized spacial score (nSPS) is 15.2. The third-order valence-electron chi connectivity index (χ3n) is 4.16. The number of carbonyl (C=O) groups is 3. The summed E-state index contributed by atoms with van der Waals surface area (Å²) >= 11 is 1.49. The first kappa shape index (κ1) is 17.2. The molecule has 1 N–H and O–H groups in total. The molecule has 1 atom stereocenters. The van der Waals surface area contributed by atoms with Crippen LogP contribution in [0.1, 0.15) is 27.7 Å². The zero-order valence-electron chi connectivity index (χ0n) is 14.2. The molecule has 1 fully saturated rings. The number of rotatable bonds is 4. The van der Waals surface area contributed by atoms with Gasteiger partial charge in [-0.3, -0.25) is 9.69 Å². The number of aromatic nitrogens is 1. The standard InChI is InChI=1S/C17H19N3O4S/c1-10-12(3)25-15(19-7-4-5-8-19)13(10)16(22)24-11(2)14(21)20-9-6-18-17(20)23/h4-5,7-8,11H,6,9H2,1-3H3,(H,18,23)/t11-/m1/s1. The molecule has 0 saturated carbocycles. The third kappa shape index (κ3) is 3.17. The molecule has 0 aromatic carbocycles. The molecular formula is C17H19N3O4S. The molecule has 1 aliphatic rings. The van der Waals surface area contributed by atoms with Gasteiger partial charge in [-0.15, -0.1) is 11.3 Å². The lowest BCUT2D eigenvalue weighted by Gasteiger charge is -2.18. The Morgan fingerprint density at radius 3 is 2.56 bits per heavy atom. The zero-order chi connectivity index (χ0) is 18.1. The fraction of sp³-hybridized carbons (Fsp3) is 0.353. The predicted molar refractivity (Wildman–Crippen MR) is 93.1 cm³/mol. The van der Waals surface area contributed by atoms with Gasteiger partial charge < -0.3 is 14.6 Å². The van der Waals surface area contributed by atoms with E-state index in [1.54, 1.807) is 0 Å². The number of amides is 3. The van der Waals surface area contributed by atoms with E-state index >= 15 is 0 Å². The molecule has 25 heavy (non-hydrogen) atoms. The molecule has 2 aromatic heterocycles. The minimum Gasteiger partial charge on any atom is -0.449 e. The second-order valence-corrected chi connectivity index (χ2v) is 7.03. The molecule has 1 aliphatic heterocycles. The Labute approximate surface area is 149 Å². The number of thiophene rings is 1. The molecule has 3 rings (SSSR count). The van der Waals surface area contributed by atoms with Gasteiger partial charge in [-0.2, -0.15) is 0 Å². The van der Waals surface area contributed by atoms with Crippen molar-refractivity contribution < 1.29 is 19.1 Å². The van der Waals surface area contributed by atoms with E-state index in [-0.39, 0.29) is 6.54 Å². The maximum atomic E-state index is 12.7. The number of urea groups is 1. The average Bonchev–Trinajstić information content (AvgIpc) is 3.28. The molecule has 0 unspecified atom stereocenters. The summed E-state index contributed by atoms with van der Waals surface area (Å²) < 4.78 is 7.22. The Morgan fingerprint density at radius 2 is 1.96 bits per heavy atom. The van der Waals surface area contributed by atoms with E-state index in [2.05, 4.69) is 5.32 Å². The zero-order valence-corrected chi connectivity index (χ0v) is 15.1. The van der Waals surface area contributed by atoms with E-state index < -0.39 is 24.0 Å². The SMILES string of the molecule is Cc1sc(-n2cccc2)c(C(=O)O[C@H](C)C(=O)N2CCNC2=O)c1C. The van der Waals surface area contributed by atoms with Crippen LogP contribution in [0, 0.1) is 13.8 Å². The second-order valence-electron chi connectivity index (χ2n) is 5.82. The number of ether oxygens (including phenoxy) is 1. The van der Waals surface area contributed by atoms with Crippen LogP contribution < -0.4 is 5.32 Å². The minimum atomic E-state index is -1.03. The molecule has 0 radical (unpaired) electrons. The molecule has 132 valence electrons. The number of nitrogens with one attached hydrogen (secondary N) is 1. The van der Waals surface area contributed by atoms with Gasteiger partial charge in [0.05, 0.1) is 5.56 Å². The Morgan fingerprint density at radius 1 is 1.28 bits per heavy atom. The number of imide groups is 1. The van der Waals surface area contributed by atoms with E-state index in [4.69, 9.17) is 4.74 Å². The van der Waals surface area contributed by atoms with Crippen LogP contribution in [-0.4, -0.2) is 46.6 Å². The first-order chi connectivity index (χ1) is 11.9. The highest BCUT2D eigenvalue weighted by Gasteiger charge is 2.33. The molecule has 7 nitrogen and oxygen atoms in total. The van der Waals surface area contributed by atoms with Crippen LogP contribution in [-0.2, 0) is 9.53 Å². The predicted octanol–water partition coefficient (Wildman–Crippen LogP) is 2.25. The van der Waals surface area contributed by atoms with Gasteiger partial charge >= 0.3 is 12.0 Å². The van der Waals surface area contributed by atoms with Crippen LogP contribution >= 0.6 is 11.3 Å². The Bertz CT molecular complexity index is 825. The summed E-state index contributed by atoms with van der Waals surface area (Å²) in [5, 5.41) is 3.31. The number of hydrogen-bond acceptors (Lipinski definition) is 5. The lowest BCUT2D eigenvalue weighted by molar-refractivity contribution is -0.136. The molecule has 2 aromatic rings. The number of hydrogen-bond donors (Lipinski definition) is 1. The van der Waals surface area contributed by atoms with E-state index in [1.807, 2.05) is 42.9 Å². The van der Waals surface area contributed by atoms with Gasteiger partial charge in [-0.05, 0) is 38.5 Å². The summed E-state index contributed by atoms with van der Waals surface area (Å²) in [6, 6.07) is 3.29. The molecule has 3 amide bonds. The van der Waals surface area contributed by atoms with Crippen molar-refractivity contribution in [3.8, 4) is 5.00 Å². The van der Waals surface area contributed by atoms with Crippen molar-refractivity contribution in [2.45, 2.75) is 26.9 Å². The van der Waals surface area contributed by atoms with Gasteiger partial charge in [0.2, 0.25) is 0 Å². The van der Waals surface area contributed by atoms with Crippen molar-refractivity contribution in [1.29, 1.82) is 0 Å². The van der Waals surface area contributed by atoms with Crippen molar-refractivity contribution in [3.63, 3.8) is 0 Å². The highest BCUT2D eigenvalue weighted by molar-refractivity contribution is 7.15. The van der Waals surface area contributed by atoms with E-state index in [9.17, 15) is 14.4 Å². The molecule has 8 heteroatoms. The summed E-state index contributed by atoms with van der Waals surface area (Å²) in [5.41, 5.74) is 1.28. The monoisotopic (exact) mass is 361 g/mol. The number of aryl methyl sites for hydroxylation is 1. The Kier molecular flexibility index (Phi) is 4.63. The van der Waals surface area contributed by atoms with E-state index in [0.717, 1.165) is 20.3 Å². The van der Waals surface area contributed by atoms with Gasteiger partial charge in [0, 0.05) is 30.4 Å². The first-order valence-electron chi connectivity index (χ1n) is 7.93. The van der Waals surface area contributed by atoms with Crippen molar-refractivity contribution in [2.24, 2.45) is 0 Å². The van der Waals surface area contributed by atoms with E-state index in [0.29, 0.717) is 12.1 Å². The van der Waals surface area contributed by atoms with Gasteiger partial charge in [0.25, 0.3) is 5.91 Å². The molecule has 0 bridgehead atoms. The summed E-state index contributed by atoms with van der Waals surface area (Å²) in [6.07, 6.45) is 2.67. The molecule has 1 saturated heterocycles. The largest absolute Gasteiger partial charge is 0.449 e. The lowest BCUT2D eigenvalue weighted by atomic mass is 10.1. The molecule has 0 aliphatic carbocycles. The summed E-state index contributed by atoms with van der Waals surface area (Å²) in [7, 11) is 0. The fourth-order valence-electron chi connectivity index (χ4n) is 2.67. The van der Waals surface area contributed by atoms with Crippen molar-refractivity contribution in [3.05, 3.63) is 40.5 Å². The highest BCUT2D eigenvalue weighted by atomic mass is 32.1. The number of nitrogens with zero attached hydrogens (tertiary/aromatic N) is 2. The summed E-state index contributed by atoms with van der Waals surface area (Å²) in [6.45, 7) is 5.97. The Hall–Kier alpha value is -2.61. The quantitative estimate of drug-likeness (QED) is 0.847. The molecular weight excluding hydrogens is 342 g/mol. The van der Waals surface area contributed by atoms with Gasteiger partial charge in [-0.1, -0.05) is 0 Å². The summed E-state index contributed by atoms with van der Waals surface area (Å²) in [4.78, 5) is 38.7. The van der Waals surface area contributed by atoms with Crippen LogP contribution in [0.5, 0.6) is 0 Å². The molecule has 0 spiro atoms. The smallest absolute Gasteiger partial charge is 0.342 e. The van der Waals surface area contributed by atoms with Gasteiger partial charge in [0.15, 0.2) is 6.10 Å². The third-order valence-corrected chi connectivity index (χ3v) is 5.38. The van der Waals surface area contributed by atoms with Gasteiger partial charge in [-0.25, -0.2) is 9.59 Å². The van der Waals surface area contributed by atoms with Crippen molar-refractivity contribution >= 4 is 29.2 Å². The van der Waals surface area contributed by atoms with Crippen LogP contribution in [0.25, 0.3) is 5.00 Å². The number of carbonyl (C=O) groups excluding carboxylic acids is 3.